The summed E-state index contributed by atoms with van der Waals surface area (Å²) >= 11 is 0. The summed E-state index contributed by atoms with van der Waals surface area (Å²) in [6.45, 7) is -6.80. The Kier molecular flexibility index (Phi) is 5.46. The molecule has 0 radical (unpaired) electrons. The molecule has 0 aliphatic rings. The van der Waals surface area contributed by atoms with Gasteiger partial charge in [0.15, 0.2) is 0 Å². The molecule has 0 bridgehead atoms. The molecule has 0 aromatic rings. The maximum atomic E-state index is 7.42. The number of hydrogen-bond donors (Lipinski definition) is 2. The lowest BCUT2D eigenvalue weighted by Crippen LogP contribution is -2.12. The second-order valence-corrected chi connectivity index (χ2v) is 2.28. The number of nitrogens with two attached hydrogens (primary N) is 2. The van der Waals surface area contributed by atoms with E-state index in [2.05, 4.69) is 0 Å². The highest BCUT2D eigenvalue weighted by Crippen LogP contribution is 1.84. The summed E-state index contributed by atoms with van der Waals surface area (Å²) < 4.78 is 73.7. The summed E-state index contributed by atoms with van der Waals surface area (Å²) in [4.78, 5) is 0. The van der Waals surface area contributed by atoms with E-state index in [0.717, 1.165) is 0 Å². The van der Waals surface area contributed by atoms with Crippen molar-refractivity contribution < 1.29 is 25.2 Å². The van der Waals surface area contributed by atoms with Gasteiger partial charge < -0.3 is 25.7 Å². The summed E-state index contributed by atoms with van der Waals surface area (Å²) in [5.41, 5.74) is 10.3. The van der Waals surface area contributed by atoms with Crippen LogP contribution in [0.15, 0.2) is 0 Å². The molecule has 0 amide bonds. The Morgan fingerprint density at radius 3 is 1.53 bits per heavy atom. The standard InChI is InChI=1S/C10H24N2O3/c11-3-1-5-13-7-9-15-10-8-14-6-2-4-12/h1-12H2/i1D2,2D2,5D2,6D2. The van der Waals surface area contributed by atoms with Crippen molar-refractivity contribution in [3.63, 3.8) is 0 Å². The summed E-state index contributed by atoms with van der Waals surface area (Å²) in [5.74, 6) is 0. The average molecular weight is 228 g/mol. The van der Waals surface area contributed by atoms with E-state index in [1.54, 1.807) is 0 Å². The molecule has 0 aliphatic heterocycles. The van der Waals surface area contributed by atoms with Crippen molar-refractivity contribution in [1.82, 2.24) is 0 Å². The predicted molar refractivity (Wildman–Crippen MR) is 59.8 cm³/mol. The Labute approximate surface area is 103 Å². The van der Waals surface area contributed by atoms with Gasteiger partial charge in [0.1, 0.15) is 0 Å². The highest BCUT2D eigenvalue weighted by Gasteiger charge is 1.91. The molecule has 0 aromatic heterocycles. The zero-order chi connectivity index (χ0) is 18.4. The van der Waals surface area contributed by atoms with E-state index in [9.17, 15) is 0 Å². The molecule has 0 aromatic carbocycles. The largest absolute Gasteiger partial charge is 0.379 e. The molecule has 0 saturated carbocycles. The first-order valence-electron chi connectivity index (χ1n) is 8.59. The molecular weight excluding hydrogens is 196 g/mol. The molecule has 0 atom stereocenters. The van der Waals surface area contributed by atoms with Crippen LogP contribution in [-0.4, -0.2) is 52.6 Å². The van der Waals surface area contributed by atoms with Gasteiger partial charge in [0.25, 0.3) is 0 Å². The fourth-order valence-electron chi connectivity index (χ4n) is 0.591. The molecule has 15 heavy (non-hydrogen) atoms. The second kappa shape index (κ2) is 13.8. The van der Waals surface area contributed by atoms with Gasteiger partial charge in [0.2, 0.25) is 0 Å². The van der Waals surface area contributed by atoms with Crippen LogP contribution in [0.25, 0.3) is 0 Å². The minimum absolute atomic E-state index is 0.0731. The van der Waals surface area contributed by atoms with E-state index >= 15 is 0 Å². The van der Waals surface area contributed by atoms with Crippen molar-refractivity contribution in [2.45, 2.75) is 12.7 Å². The van der Waals surface area contributed by atoms with Crippen LogP contribution in [0.2, 0.25) is 0 Å². The van der Waals surface area contributed by atoms with E-state index in [0.29, 0.717) is 0 Å². The average Bonchev–Trinajstić information content (AvgIpc) is 2.45. The second-order valence-electron chi connectivity index (χ2n) is 2.28. The highest BCUT2D eigenvalue weighted by atomic mass is 16.5. The minimum atomic E-state index is -2.56. The lowest BCUT2D eigenvalue weighted by atomic mass is 10.5. The third-order valence-corrected chi connectivity index (χ3v) is 1.15. The van der Waals surface area contributed by atoms with Crippen LogP contribution < -0.4 is 11.5 Å². The van der Waals surface area contributed by atoms with Gasteiger partial charge in [-0.25, -0.2) is 0 Å². The molecule has 0 spiro atoms. The van der Waals surface area contributed by atoms with E-state index in [1.165, 1.54) is 0 Å². The van der Waals surface area contributed by atoms with Crippen LogP contribution in [0.3, 0.4) is 0 Å². The number of ether oxygens (including phenoxy) is 3. The van der Waals surface area contributed by atoms with Crippen molar-refractivity contribution in [2.24, 2.45) is 11.5 Å². The molecule has 0 fully saturated rings. The van der Waals surface area contributed by atoms with Gasteiger partial charge in [0, 0.05) is 18.6 Å². The molecule has 4 N–H and O–H groups in total. The molecule has 0 unspecified atom stereocenters. The zero-order valence-electron chi connectivity index (χ0n) is 16.6. The Bertz CT molecular complexity index is 325. The Hall–Kier alpha value is -0.200. The van der Waals surface area contributed by atoms with Crippen LogP contribution in [0, 0.1) is 0 Å². The van der Waals surface area contributed by atoms with Crippen LogP contribution in [0.4, 0.5) is 0 Å². The van der Waals surface area contributed by atoms with E-state index in [-0.39, 0.29) is 26.4 Å². The first-order valence-corrected chi connectivity index (χ1v) is 4.59. The quantitative estimate of drug-likeness (QED) is 0.450. The summed E-state index contributed by atoms with van der Waals surface area (Å²) in [6, 6.07) is 0. The first-order chi connectivity index (χ1) is 10.3. The fourth-order valence-corrected chi connectivity index (χ4v) is 0.591. The van der Waals surface area contributed by atoms with Crippen LogP contribution in [0.5, 0.6) is 0 Å². The van der Waals surface area contributed by atoms with Crippen LogP contribution >= 0.6 is 0 Å². The summed E-state index contributed by atoms with van der Waals surface area (Å²) in [7, 11) is 0. The van der Waals surface area contributed by atoms with E-state index in [4.69, 9.17) is 36.6 Å². The molecule has 0 saturated heterocycles. The SMILES string of the molecule is [2H]C([2H])(CN)C([2H])([2H])OCCOCCOC([2H])([2H])C([2H])([2H])CN. The van der Waals surface area contributed by atoms with Crippen LogP contribution in [0.1, 0.15) is 23.7 Å². The van der Waals surface area contributed by atoms with Gasteiger partial charge in [-0.3, -0.25) is 0 Å². The topological polar surface area (TPSA) is 79.7 Å². The molecule has 5 heteroatoms. The number of rotatable bonds is 12. The van der Waals surface area contributed by atoms with Crippen molar-refractivity contribution in [3.05, 3.63) is 0 Å². The molecule has 0 heterocycles. The maximum Gasteiger partial charge on any atom is 0.0701 e. The molecule has 5 nitrogen and oxygen atoms in total. The molecule has 0 rings (SSSR count). The highest BCUT2D eigenvalue weighted by molar-refractivity contribution is 4.38. The molecular formula is C10H24N2O3. The maximum absolute atomic E-state index is 7.42. The monoisotopic (exact) mass is 228 g/mol. The zero-order valence-corrected chi connectivity index (χ0v) is 8.62. The Morgan fingerprint density at radius 2 is 1.13 bits per heavy atom. The predicted octanol–water partition coefficient (Wildman–Crippen LogP) is -0.266. The third-order valence-electron chi connectivity index (χ3n) is 1.15. The van der Waals surface area contributed by atoms with E-state index in [1.807, 2.05) is 0 Å². The Morgan fingerprint density at radius 1 is 0.733 bits per heavy atom. The minimum Gasteiger partial charge on any atom is -0.379 e. The van der Waals surface area contributed by atoms with Gasteiger partial charge in [0.05, 0.1) is 31.9 Å². The van der Waals surface area contributed by atoms with Gasteiger partial charge in [-0.05, 0) is 25.8 Å². The summed E-state index contributed by atoms with van der Waals surface area (Å²) in [5, 5.41) is 0. The molecule has 0 aliphatic carbocycles. The fraction of sp³-hybridized carbons (Fsp3) is 1.00. The Balaban J connectivity index is 3.96. The van der Waals surface area contributed by atoms with Crippen molar-refractivity contribution in [3.8, 4) is 0 Å². The van der Waals surface area contributed by atoms with E-state index < -0.39 is 39.0 Å². The first kappa shape index (κ1) is 5.93. The van der Waals surface area contributed by atoms with Crippen molar-refractivity contribution >= 4 is 0 Å². The number of hydrogen-bond acceptors (Lipinski definition) is 5. The lowest BCUT2D eigenvalue weighted by molar-refractivity contribution is 0.0143. The van der Waals surface area contributed by atoms with Crippen molar-refractivity contribution in [2.75, 3.05) is 52.6 Å². The van der Waals surface area contributed by atoms with Gasteiger partial charge >= 0.3 is 0 Å². The van der Waals surface area contributed by atoms with Gasteiger partial charge in [-0.15, -0.1) is 0 Å². The van der Waals surface area contributed by atoms with Gasteiger partial charge in [-0.1, -0.05) is 0 Å². The molecule has 92 valence electrons. The smallest absolute Gasteiger partial charge is 0.0701 e. The van der Waals surface area contributed by atoms with Gasteiger partial charge in [-0.2, -0.15) is 0 Å². The third kappa shape index (κ3) is 13.8. The summed E-state index contributed by atoms with van der Waals surface area (Å²) in [6.07, 6.45) is -4.67. The van der Waals surface area contributed by atoms with Crippen molar-refractivity contribution in [1.29, 1.82) is 0 Å². The lowest BCUT2D eigenvalue weighted by Gasteiger charge is -2.06. The van der Waals surface area contributed by atoms with Crippen LogP contribution in [-0.2, 0) is 14.2 Å². The normalized spacial score (nSPS) is 22.5.